The average molecular weight is 410 g/mol. The van der Waals surface area contributed by atoms with E-state index < -0.39 is 0 Å². The molecule has 3 aromatic rings. The van der Waals surface area contributed by atoms with E-state index in [1.807, 2.05) is 42.5 Å². The van der Waals surface area contributed by atoms with Gasteiger partial charge in [0, 0.05) is 5.39 Å². The second kappa shape index (κ2) is 7.30. The summed E-state index contributed by atoms with van der Waals surface area (Å²) in [4.78, 5) is 17.7. The van der Waals surface area contributed by atoms with E-state index in [2.05, 4.69) is 28.7 Å². The molecule has 0 radical (unpaired) electrons. The Labute approximate surface area is 182 Å². The molecule has 4 heteroatoms. The Morgan fingerprint density at radius 2 is 1.58 bits per heavy atom. The molecule has 1 aromatic heterocycles. The van der Waals surface area contributed by atoms with Crippen molar-refractivity contribution in [3.8, 4) is 0 Å². The third-order valence-electron chi connectivity index (χ3n) is 7.74. The van der Waals surface area contributed by atoms with Crippen LogP contribution < -0.4 is 5.43 Å². The Kier molecular flexibility index (Phi) is 4.41. The Morgan fingerprint density at radius 1 is 0.935 bits per heavy atom. The second-order valence-corrected chi connectivity index (χ2v) is 9.88. The molecule has 156 valence electrons. The third-order valence-corrected chi connectivity index (χ3v) is 7.74. The van der Waals surface area contributed by atoms with Gasteiger partial charge in [-0.25, -0.2) is 10.4 Å². The summed E-state index contributed by atoms with van der Waals surface area (Å²) in [6.45, 7) is 0. The molecule has 4 aliphatic rings. The quantitative estimate of drug-likeness (QED) is 0.459. The smallest absolute Gasteiger partial charge is 0.266 e. The SMILES string of the molecule is O=C(N/N=C/c1ccccc1)c1cc(C23CC4CC(CC(C4)C2)C3)c2ccccc2n1. The summed E-state index contributed by atoms with van der Waals surface area (Å²) < 4.78 is 0. The molecule has 0 atom stereocenters. The summed E-state index contributed by atoms with van der Waals surface area (Å²) in [5, 5.41) is 5.37. The van der Waals surface area contributed by atoms with Crippen molar-refractivity contribution < 1.29 is 4.79 Å². The number of nitrogens with zero attached hydrogens (tertiary/aromatic N) is 2. The van der Waals surface area contributed by atoms with Gasteiger partial charge in [-0.2, -0.15) is 5.10 Å². The minimum atomic E-state index is -0.246. The monoisotopic (exact) mass is 409 g/mol. The van der Waals surface area contributed by atoms with Crippen LogP contribution in [0.5, 0.6) is 0 Å². The molecule has 0 unspecified atom stereocenters. The van der Waals surface area contributed by atoms with E-state index >= 15 is 0 Å². The number of para-hydroxylation sites is 1. The lowest BCUT2D eigenvalue weighted by atomic mass is 9.48. The van der Waals surface area contributed by atoms with E-state index in [4.69, 9.17) is 4.98 Å². The van der Waals surface area contributed by atoms with E-state index in [9.17, 15) is 4.79 Å². The molecule has 4 fully saturated rings. The van der Waals surface area contributed by atoms with E-state index in [1.165, 1.54) is 49.5 Å². The molecule has 4 bridgehead atoms. The molecule has 1 amide bonds. The van der Waals surface area contributed by atoms with Gasteiger partial charge in [0.15, 0.2) is 0 Å². The maximum atomic E-state index is 13.0. The largest absolute Gasteiger partial charge is 0.289 e. The van der Waals surface area contributed by atoms with E-state index in [1.54, 1.807) is 6.21 Å². The highest BCUT2D eigenvalue weighted by molar-refractivity contribution is 5.96. The first-order chi connectivity index (χ1) is 15.2. The van der Waals surface area contributed by atoms with Gasteiger partial charge in [-0.05, 0) is 85.0 Å². The molecular formula is C27H27N3O. The van der Waals surface area contributed by atoms with E-state index in [0.717, 1.165) is 28.8 Å². The summed E-state index contributed by atoms with van der Waals surface area (Å²) in [5.74, 6) is 2.31. The van der Waals surface area contributed by atoms with E-state index in [-0.39, 0.29) is 11.3 Å². The summed E-state index contributed by atoms with van der Waals surface area (Å²) in [6.07, 6.45) is 9.68. The number of amides is 1. The van der Waals surface area contributed by atoms with Crippen LogP contribution in [0.25, 0.3) is 10.9 Å². The molecule has 4 saturated carbocycles. The first kappa shape index (κ1) is 18.7. The number of hydrogen-bond acceptors (Lipinski definition) is 3. The van der Waals surface area contributed by atoms with Gasteiger partial charge in [0.1, 0.15) is 5.69 Å². The van der Waals surface area contributed by atoms with Crippen LogP contribution in [0.1, 0.15) is 60.1 Å². The van der Waals surface area contributed by atoms with Crippen molar-refractivity contribution >= 4 is 23.0 Å². The Balaban J connectivity index is 1.36. The van der Waals surface area contributed by atoms with Crippen molar-refractivity contribution in [1.29, 1.82) is 0 Å². The minimum absolute atomic E-state index is 0.208. The van der Waals surface area contributed by atoms with Crippen molar-refractivity contribution in [3.05, 3.63) is 77.5 Å². The standard InChI is InChI=1S/C27H27N3O/c31-26(30-28-17-18-6-2-1-3-7-18)25-13-23(22-8-4-5-9-24(22)29-25)27-14-19-10-20(15-27)12-21(11-19)16-27/h1-9,13,17,19-21H,10-12,14-16H2,(H,30,31)/b28-17+. The fraction of sp³-hybridized carbons (Fsp3) is 0.370. The number of rotatable bonds is 4. The van der Waals surface area contributed by atoms with Crippen LogP contribution in [0.2, 0.25) is 0 Å². The fourth-order valence-electron chi connectivity index (χ4n) is 6.93. The van der Waals surface area contributed by atoms with Gasteiger partial charge in [-0.1, -0.05) is 48.5 Å². The van der Waals surface area contributed by atoms with Gasteiger partial charge >= 0.3 is 0 Å². The van der Waals surface area contributed by atoms with Gasteiger partial charge in [-0.3, -0.25) is 4.79 Å². The van der Waals surface area contributed by atoms with Crippen LogP contribution in [0.15, 0.2) is 65.8 Å². The topological polar surface area (TPSA) is 54.4 Å². The molecule has 0 saturated heterocycles. The van der Waals surface area contributed by atoms with Crippen molar-refractivity contribution in [3.63, 3.8) is 0 Å². The fourth-order valence-corrected chi connectivity index (χ4v) is 6.93. The molecule has 0 spiro atoms. The highest BCUT2D eigenvalue weighted by Crippen LogP contribution is 2.61. The number of fused-ring (bicyclic) bond motifs is 1. The molecular weight excluding hydrogens is 382 g/mol. The number of nitrogens with one attached hydrogen (secondary N) is 1. The van der Waals surface area contributed by atoms with Crippen LogP contribution >= 0.6 is 0 Å². The van der Waals surface area contributed by atoms with Crippen LogP contribution in [-0.2, 0) is 5.41 Å². The predicted molar refractivity (Wildman–Crippen MR) is 123 cm³/mol. The number of benzene rings is 2. The third kappa shape index (κ3) is 3.34. The molecule has 4 aliphatic carbocycles. The highest BCUT2D eigenvalue weighted by atomic mass is 16.2. The van der Waals surface area contributed by atoms with Crippen molar-refractivity contribution in [2.75, 3.05) is 0 Å². The van der Waals surface area contributed by atoms with Crippen molar-refractivity contribution in [1.82, 2.24) is 10.4 Å². The minimum Gasteiger partial charge on any atom is -0.266 e. The number of hydrogen-bond donors (Lipinski definition) is 1. The summed E-state index contributed by atoms with van der Waals surface area (Å²) in [5.41, 5.74) is 6.56. The number of pyridine rings is 1. The second-order valence-electron chi connectivity index (χ2n) is 9.88. The number of aromatic nitrogens is 1. The predicted octanol–water partition coefficient (Wildman–Crippen LogP) is 5.47. The maximum absolute atomic E-state index is 13.0. The van der Waals surface area contributed by atoms with Gasteiger partial charge in [-0.15, -0.1) is 0 Å². The summed E-state index contributed by atoms with van der Waals surface area (Å²) in [7, 11) is 0. The highest BCUT2D eigenvalue weighted by Gasteiger charge is 2.52. The molecule has 7 rings (SSSR count). The normalized spacial score (nSPS) is 29.0. The molecule has 4 nitrogen and oxygen atoms in total. The zero-order valence-electron chi connectivity index (χ0n) is 17.6. The number of carbonyl (C=O) groups excluding carboxylic acids is 1. The first-order valence-electron chi connectivity index (χ1n) is 11.5. The Morgan fingerprint density at radius 3 is 2.29 bits per heavy atom. The lowest BCUT2D eigenvalue weighted by Gasteiger charge is -2.57. The van der Waals surface area contributed by atoms with Gasteiger partial charge in [0.2, 0.25) is 0 Å². The van der Waals surface area contributed by atoms with Gasteiger partial charge < -0.3 is 0 Å². The number of hydrazone groups is 1. The molecule has 1 N–H and O–H groups in total. The summed E-state index contributed by atoms with van der Waals surface area (Å²) >= 11 is 0. The first-order valence-corrected chi connectivity index (χ1v) is 11.5. The summed E-state index contributed by atoms with van der Waals surface area (Å²) in [6, 6.07) is 20.2. The maximum Gasteiger partial charge on any atom is 0.289 e. The zero-order chi connectivity index (χ0) is 20.8. The van der Waals surface area contributed by atoms with Gasteiger partial charge in [0.05, 0.1) is 11.7 Å². The zero-order valence-corrected chi connectivity index (χ0v) is 17.6. The van der Waals surface area contributed by atoms with Crippen LogP contribution in [0.4, 0.5) is 0 Å². The van der Waals surface area contributed by atoms with Crippen molar-refractivity contribution in [2.45, 2.75) is 43.9 Å². The van der Waals surface area contributed by atoms with Gasteiger partial charge in [0.25, 0.3) is 5.91 Å². The lowest BCUT2D eigenvalue weighted by Crippen LogP contribution is -2.48. The van der Waals surface area contributed by atoms with Crippen LogP contribution in [-0.4, -0.2) is 17.1 Å². The van der Waals surface area contributed by atoms with Crippen LogP contribution in [0.3, 0.4) is 0 Å². The molecule has 1 heterocycles. The molecule has 2 aromatic carbocycles. The van der Waals surface area contributed by atoms with Crippen LogP contribution in [0, 0.1) is 17.8 Å². The average Bonchev–Trinajstić information content (AvgIpc) is 2.78. The number of carbonyl (C=O) groups is 1. The van der Waals surface area contributed by atoms with E-state index in [0.29, 0.717) is 5.69 Å². The Hall–Kier alpha value is -3.01. The molecule has 31 heavy (non-hydrogen) atoms. The lowest BCUT2D eigenvalue weighted by molar-refractivity contribution is -0.00453. The van der Waals surface area contributed by atoms with Crippen molar-refractivity contribution in [2.24, 2.45) is 22.9 Å². The Bertz CT molecular complexity index is 1130. The molecule has 0 aliphatic heterocycles.